The summed E-state index contributed by atoms with van der Waals surface area (Å²) in [6, 6.07) is 18.6. The number of morpholine rings is 1. The van der Waals surface area contributed by atoms with Gasteiger partial charge in [-0.05, 0) is 18.2 Å². The molecule has 3 nitrogen and oxygen atoms in total. The van der Waals surface area contributed by atoms with Crippen LogP contribution in [0.25, 0.3) is 0 Å². The number of hydrogen-bond donors (Lipinski definition) is 1. The fourth-order valence-corrected chi connectivity index (χ4v) is 4.71. The summed E-state index contributed by atoms with van der Waals surface area (Å²) in [4.78, 5) is 3.87. The van der Waals surface area contributed by atoms with Gasteiger partial charge in [0.1, 0.15) is 12.6 Å². The number of quaternary nitrogens is 1. The molecular formula is C20H25N2OS+. The maximum Gasteiger partial charge on any atom is 0.114 e. The number of fused-ring (bicyclic) bond motifs is 1. The molecule has 2 aliphatic rings. The van der Waals surface area contributed by atoms with Crippen molar-refractivity contribution < 1.29 is 10.1 Å². The third kappa shape index (κ3) is 3.61. The number of rotatable bonds is 4. The van der Waals surface area contributed by atoms with Gasteiger partial charge in [-0.2, -0.15) is 0 Å². The number of anilines is 1. The van der Waals surface area contributed by atoms with Crippen LogP contribution < -0.4 is 10.2 Å². The lowest BCUT2D eigenvalue weighted by Gasteiger charge is -2.29. The molecule has 0 amide bonds. The van der Waals surface area contributed by atoms with Gasteiger partial charge in [-0.15, -0.1) is 11.8 Å². The molecule has 4 rings (SSSR count). The highest BCUT2D eigenvalue weighted by Gasteiger charge is 2.22. The first kappa shape index (κ1) is 16.0. The smallest absolute Gasteiger partial charge is 0.114 e. The molecule has 2 aliphatic heterocycles. The van der Waals surface area contributed by atoms with Crippen molar-refractivity contribution in [3.63, 3.8) is 0 Å². The molecule has 2 N–H and O–H groups in total. The normalized spacial score (nSPS) is 20.7. The topological polar surface area (TPSA) is 29.1 Å². The van der Waals surface area contributed by atoms with Crippen LogP contribution in [-0.4, -0.2) is 32.1 Å². The van der Waals surface area contributed by atoms with Crippen LogP contribution in [0.3, 0.4) is 0 Å². The van der Waals surface area contributed by atoms with Crippen LogP contribution in [-0.2, 0) is 11.3 Å². The van der Waals surface area contributed by atoms with E-state index < -0.39 is 0 Å². The summed E-state index contributed by atoms with van der Waals surface area (Å²) in [5, 5.41) is 2.50. The van der Waals surface area contributed by atoms with Gasteiger partial charge in [0.15, 0.2) is 0 Å². The molecule has 24 heavy (non-hydrogen) atoms. The maximum atomic E-state index is 5.43. The molecule has 0 aliphatic carbocycles. The molecule has 1 saturated heterocycles. The molecule has 0 unspecified atom stereocenters. The second-order valence-electron chi connectivity index (χ2n) is 6.49. The number of hydrogen-bond acceptors (Lipinski definition) is 3. The van der Waals surface area contributed by atoms with Gasteiger partial charge in [0.25, 0.3) is 0 Å². The molecule has 1 fully saturated rings. The summed E-state index contributed by atoms with van der Waals surface area (Å²) in [5.41, 5.74) is 4.24. The number of benzene rings is 2. The second kappa shape index (κ2) is 7.60. The second-order valence-corrected chi connectivity index (χ2v) is 7.62. The lowest BCUT2D eigenvalue weighted by Crippen LogP contribution is -2.84. The van der Waals surface area contributed by atoms with Gasteiger partial charge in [-0.1, -0.05) is 30.3 Å². The first-order valence-electron chi connectivity index (χ1n) is 8.87. The molecule has 0 bridgehead atoms. The molecule has 1 atom stereocenters. The lowest BCUT2D eigenvalue weighted by molar-refractivity contribution is -0.711. The van der Waals surface area contributed by atoms with Crippen molar-refractivity contribution in [1.29, 1.82) is 0 Å². The van der Waals surface area contributed by atoms with E-state index in [1.807, 2.05) is 11.8 Å². The van der Waals surface area contributed by atoms with E-state index in [4.69, 9.17) is 4.74 Å². The van der Waals surface area contributed by atoms with Gasteiger partial charge in [-0.3, -0.25) is 0 Å². The van der Waals surface area contributed by atoms with Gasteiger partial charge in [0, 0.05) is 47.0 Å². The molecule has 4 heteroatoms. The van der Waals surface area contributed by atoms with Gasteiger partial charge >= 0.3 is 0 Å². The first-order valence-corrected chi connectivity index (χ1v) is 9.85. The Bertz CT molecular complexity index is 668. The standard InChI is InChI=1S/C20H24N2OS/c1-2-4-20-18(3-1)19(9-14-24-20)21-15-16-5-7-17(8-6-16)22-10-12-23-13-11-22/h1-8,19,21H,9-15H2/p+1/t19-/m0/s1. The minimum absolute atomic E-state index is 0.598. The summed E-state index contributed by atoms with van der Waals surface area (Å²) in [7, 11) is 0. The van der Waals surface area contributed by atoms with Crippen LogP contribution >= 0.6 is 11.8 Å². The molecule has 0 aromatic heterocycles. The van der Waals surface area contributed by atoms with Crippen molar-refractivity contribution in [1.82, 2.24) is 0 Å². The largest absolute Gasteiger partial charge is 0.378 e. The molecule has 0 saturated carbocycles. The maximum absolute atomic E-state index is 5.43. The Morgan fingerprint density at radius 2 is 1.83 bits per heavy atom. The summed E-state index contributed by atoms with van der Waals surface area (Å²) >= 11 is 2.00. The Kier molecular flexibility index (Phi) is 5.07. The summed E-state index contributed by atoms with van der Waals surface area (Å²) in [6.45, 7) is 4.74. The molecular weight excluding hydrogens is 316 g/mol. The van der Waals surface area contributed by atoms with E-state index in [0.29, 0.717) is 6.04 Å². The minimum atomic E-state index is 0.598. The predicted molar refractivity (Wildman–Crippen MR) is 99.6 cm³/mol. The Balaban J connectivity index is 1.38. The Morgan fingerprint density at radius 3 is 2.67 bits per heavy atom. The van der Waals surface area contributed by atoms with Gasteiger partial charge in [0.05, 0.1) is 13.2 Å². The van der Waals surface area contributed by atoms with Crippen molar-refractivity contribution in [2.24, 2.45) is 0 Å². The quantitative estimate of drug-likeness (QED) is 0.927. The van der Waals surface area contributed by atoms with E-state index in [1.54, 1.807) is 0 Å². The summed E-state index contributed by atoms with van der Waals surface area (Å²) in [6.07, 6.45) is 1.26. The fourth-order valence-electron chi connectivity index (χ4n) is 3.56. The molecule has 2 heterocycles. The van der Waals surface area contributed by atoms with E-state index in [1.165, 1.54) is 33.9 Å². The number of thioether (sulfide) groups is 1. The van der Waals surface area contributed by atoms with Crippen molar-refractivity contribution >= 4 is 17.4 Å². The third-order valence-corrected chi connectivity index (χ3v) is 6.08. The zero-order valence-corrected chi connectivity index (χ0v) is 14.8. The highest BCUT2D eigenvalue weighted by molar-refractivity contribution is 7.99. The minimum Gasteiger partial charge on any atom is -0.378 e. The fraction of sp³-hybridized carbons (Fsp3) is 0.400. The molecule has 2 aromatic carbocycles. The average Bonchev–Trinajstić information content (AvgIpc) is 2.67. The van der Waals surface area contributed by atoms with E-state index in [0.717, 1.165) is 32.8 Å². The Hall–Kier alpha value is -1.49. The zero-order chi connectivity index (χ0) is 16.2. The van der Waals surface area contributed by atoms with E-state index in [2.05, 4.69) is 58.7 Å². The monoisotopic (exact) mass is 341 g/mol. The summed E-state index contributed by atoms with van der Waals surface area (Å²) < 4.78 is 5.43. The zero-order valence-electron chi connectivity index (χ0n) is 14.0. The number of nitrogens with two attached hydrogens (primary N) is 1. The third-order valence-electron chi connectivity index (χ3n) is 4.96. The van der Waals surface area contributed by atoms with Crippen LogP contribution in [0.4, 0.5) is 5.69 Å². The van der Waals surface area contributed by atoms with Gasteiger partial charge < -0.3 is 15.0 Å². The highest BCUT2D eigenvalue weighted by Crippen LogP contribution is 2.33. The first-order chi connectivity index (χ1) is 11.9. The van der Waals surface area contributed by atoms with Crippen molar-refractivity contribution in [2.75, 3.05) is 37.0 Å². The van der Waals surface area contributed by atoms with Crippen molar-refractivity contribution in [3.8, 4) is 0 Å². The molecule has 2 aromatic rings. The number of ether oxygens (including phenoxy) is 1. The van der Waals surface area contributed by atoms with Crippen LogP contribution in [0, 0.1) is 0 Å². The van der Waals surface area contributed by atoms with E-state index >= 15 is 0 Å². The molecule has 126 valence electrons. The molecule has 0 radical (unpaired) electrons. The van der Waals surface area contributed by atoms with Crippen LogP contribution in [0.1, 0.15) is 23.6 Å². The van der Waals surface area contributed by atoms with E-state index in [-0.39, 0.29) is 0 Å². The van der Waals surface area contributed by atoms with Crippen LogP contribution in [0.2, 0.25) is 0 Å². The number of nitrogens with zero attached hydrogens (tertiary/aromatic N) is 1. The van der Waals surface area contributed by atoms with Crippen molar-refractivity contribution in [3.05, 3.63) is 59.7 Å². The van der Waals surface area contributed by atoms with Crippen LogP contribution in [0.5, 0.6) is 0 Å². The predicted octanol–water partition coefficient (Wildman–Crippen LogP) is 2.82. The van der Waals surface area contributed by atoms with E-state index in [9.17, 15) is 0 Å². The Morgan fingerprint density at radius 1 is 1.04 bits per heavy atom. The lowest BCUT2D eigenvalue weighted by atomic mass is 10.0. The van der Waals surface area contributed by atoms with Gasteiger partial charge in [0.2, 0.25) is 0 Å². The average molecular weight is 342 g/mol. The Labute approximate surface area is 148 Å². The highest BCUT2D eigenvalue weighted by atomic mass is 32.2. The molecule has 0 spiro atoms. The van der Waals surface area contributed by atoms with Crippen LogP contribution in [0.15, 0.2) is 53.4 Å². The SMILES string of the molecule is c1ccc2c(c1)SCC[C@@H]2[NH2+]Cc1ccc(N2CCOCC2)cc1. The van der Waals surface area contributed by atoms with Crippen molar-refractivity contribution in [2.45, 2.75) is 23.9 Å². The van der Waals surface area contributed by atoms with Gasteiger partial charge in [-0.25, -0.2) is 0 Å². The summed E-state index contributed by atoms with van der Waals surface area (Å²) in [5.74, 6) is 1.23.